The normalized spacial score (nSPS) is 16.8. The zero-order valence-electron chi connectivity index (χ0n) is 12.1. The van der Waals surface area contributed by atoms with Crippen LogP contribution in [0.3, 0.4) is 0 Å². The van der Waals surface area contributed by atoms with E-state index in [1.165, 1.54) is 6.08 Å². The van der Waals surface area contributed by atoms with Crippen molar-refractivity contribution in [2.45, 2.75) is 27.6 Å². The van der Waals surface area contributed by atoms with Crippen LogP contribution in [0.15, 0.2) is 30.0 Å². The summed E-state index contributed by atoms with van der Waals surface area (Å²) in [7, 11) is 0. The minimum absolute atomic E-state index is 0.116. The van der Waals surface area contributed by atoms with Gasteiger partial charge in [0, 0.05) is 21.3 Å². The lowest BCUT2D eigenvalue weighted by Crippen LogP contribution is -2.24. The number of rotatable bonds is 6. The SMILES string of the molecule is CCCC(I)C(I)COC1=CC(=O)c2c(N)cccc2C1=O. The van der Waals surface area contributed by atoms with Gasteiger partial charge in [0.1, 0.15) is 6.61 Å². The zero-order valence-corrected chi connectivity index (χ0v) is 16.5. The first-order valence-corrected chi connectivity index (χ1v) is 9.55. The minimum atomic E-state index is -0.272. The summed E-state index contributed by atoms with van der Waals surface area (Å²) in [4.78, 5) is 24.6. The molecular formula is C16H17I2NO3. The lowest BCUT2D eigenvalue weighted by atomic mass is 9.92. The number of Topliss-reactive ketones (excluding diaryl/α,β-unsaturated/α-hetero) is 1. The van der Waals surface area contributed by atoms with Crippen LogP contribution in [0, 0.1) is 0 Å². The molecule has 0 fully saturated rings. The lowest BCUT2D eigenvalue weighted by molar-refractivity contribution is 0.0886. The number of halogens is 2. The predicted molar refractivity (Wildman–Crippen MR) is 104 cm³/mol. The minimum Gasteiger partial charge on any atom is -0.488 e. The largest absolute Gasteiger partial charge is 0.488 e. The van der Waals surface area contributed by atoms with Crippen LogP contribution in [0.25, 0.3) is 0 Å². The van der Waals surface area contributed by atoms with Crippen molar-refractivity contribution in [3.63, 3.8) is 0 Å². The third-order valence-electron chi connectivity index (χ3n) is 3.43. The van der Waals surface area contributed by atoms with E-state index >= 15 is 0 Å². The lowest BCUT2D eigenvalue weighted by Gasteiger charge is -2.20. The molecule has 0 spiro atoms. The maximum atomic E-state index is 12.4. The van der Waals surface area contributed by atoms with Crippen LogP contribution in [0.4, 0.5) is 5.69 Å². The van der Waals surface area contributed by atoms with Gasteiger partial charge in [0.25, 0.3) is 0 Å². The first kappa shape index (κ1) is 17.7. The van der Waals surface area contributed by atoms with Crippen molar-refractivity contribution < 1.29 is 14.3 Å². The van der Waals surface area contributed by atoms with E-state index in [4.69, 9.17) is 10.5 Å². The third-order valence-corrected chi connectivity index (χ3v) is 7.52. The van der Waals surface area contributed by atoms with E-state index in [0.29, 0.717) is 21.8 Å². The van der Waals surface area contributed by atoms with Crippen molar-refractivity contribution in [3.05, 3.63) is 41.2 Å². The molecule has 4 nitrogen and oxygen atoms in total. The summed E-state index contributed by atoms with van der Waals surface area (Å²) in [6.45, 7) is 2.56. The molecule has 0 aromatic heterocycles. The number of hydrogen-bond acceptors (Lipinski definition) is 4. The Morgan fingerprint density at radius 2 is 1.95 bits per heavy atom. The van der Waals surface area contributed by atoms with Crippen molar-refractivity contribution in [2.24, 2.45) is 0 Å². The quantitative estimate of drug-likeness (QED) is 0.347. The Balaban J connectivity index is 2.11. The first-order chi connectivity index (χ1) is 10.5. The number of carbonyl (C=O) groups is 2. The molecule has 0 saturated heterocycles. The number of carbonyl (C=O) groups excluding carboxylic acids is 2. The van der Waals surface area contributed by atoms with Crippen molar-refractivity contribution >= 4 is 62.4 Å². The van der Waals surface area contributed by atoms with Gasteiger partial charge < -0.3 is 10.5 Å². The second-order valence-corrected chi connectivity index (χ2v) is 8.30. The number of nitrogen functional groups attached to an aromatic ring is 1. The maximum absolute atomic E-state index is 12.4. The van der Waals surface area contributed by atoms with Crippen LogP contribution in [0.1, 0.15) is 40.5 Å². The fourth-order valence-electron chi connectivity index (χ4n) is 2.26. The number of ketones is 2. The molecule has 118 valence electrons. The molecule has 6 heteroatoms. The van der Waals surface area contributed by atoms with Crippen molar-refractivity contribution in [1.29, 1.82) is 0 Å². The molecule has 2 unspecified atom stereocenters. The van der Waals surface area contributed by atoms with Crippen LogP contribution in [-0.2, 0) is 4.74 Å². The number of benzene rings is 1. The third kappa shape index (κ3) is 3.81. The highest BCUT2D eigenvalue weighted by Gasteiger charge is 2.29. The second kappa shape index (κ2) is 7.76. The molecule has 1 aliphatic carbocycles. The van der Waals surface area contributed by atoms with Gasteiger partial charge in [0.2, 0.25) is 5.78 Å². The molecule has 1 aliphatic rings. The van der Waals surface area contributed by atoms with E-state index in [9.17, 15) is 9.59 Å². The molecule has 0 heterocycles. The van der Waals surface area contributed by atoms with Gasteiger partial charge in [-0.05, 0) is 12.5 Å². The highest BCUT2D eigenvalue weighted by molar-refractivity contribution is 14.1. The smallest absolute Gasteiger partial charge is 0.228 e. The Kier molecular flexibility index (Phi) is 6.25. The summed E-state index contributed by atoms with van der Waals surface area (Å²) < 4.78 is 6.38. The Morgan fingerprint density at radius 3 is 2.64 bits per heavy atom. The monoisotopic (exact) mass is 525 g/mol. The average molecular weight is 525 g/mol. The molecule has 2 rings (SSSR count). The molecule has 22 heavy (non-hydrogen) atoms. The van der Waals surface area contributed by atoms with Crippen LogP contribution >= 0.6 is 45.2 Å². The Bertz CT molecular complexity index is 628. The topological polar surface area (TPSA) is 69.4 Å². The van der Waals surface area contributed by atoms with E-state index in [2.05, 4.69) is 52.1 Å². The molecule has 2 atom stereocenters. The van der Waals surface area contributed by atoms with Gasteiger partial charge in [0.15, 0.2) is 11.5 Å². The molecule has 0 bridgehead atoms. The van der Waals surface area contributed by atoms with Gasteiger partial charge in [-0.25, -0.2) is 0 Å². The van der Waals surface area contributed by atoms with Gasteiger partial charge in [-0.1, -0.05) is 70.7 Å². The summed E-state index contributed by atoms with van der Waals surface area (Å²) in [6.07, 6.45) is 3.47. The highest BCUT2D eigenvalue weighted by Crippen LogP contribution is 2.27. The number of anilines is 1. The van der Waals surface area contributed by atoms with Gasteiger partial charge >= 0.3 is 0 Å². The summed E-state index contributed by atoms with van der Waals surface area (Å²) in [5.74, 6) is -0.428. The van der Waals surface area contributed by atoms with Gasteiger partial charge in [-0.3, -0.25) is 9.59 Å². The van der Waals surface area contributed by atoms with Crippen LogP contribution in [0.5, 0.6) is 0 Å². The number of fused-ring (bicyclic) bond motifs is 1. The highest BCUT2D eigenvalue weighted by atomic mass is 127. The van der Waals surface area contributed by atoms with E-state index in [-0.39, 0.29) is 26.8 Å². The summed E-state index contributed by atoms with van der Waals surface area (Å²) in [5.41, 5.74) is 6.72. The number of hydrogen-bond donors (Lipinski definition) is 1. The van der Waals surface area contributed by atoms with Crippen molar-refractivity contribution in [1.82, 2.24) is 0 Å². The molecular weight excluding hydrogens is 508 g/mol. The molecule has 1 aromatic carbocycles. The second-order valence-electron chi connectivity index (χ2n) is 5.10. The Morgan fingerprint density at radius 1 is 1.23 bits per heavy atom. The van der Waals surface area contributed by atoms with Gasteiger partial charge in [0.05, 0.1) is 9.49 Å². The number of ether oxygens (including phenoxy) is 1. The molecule has 2 N–H and O–H groups in total. The Labute approximate surface area is 157 Å². The summed E-state index contributed by atoms with van der Waals surface area (Å²) >= 11 is 4.73. The van der Waals surface area contributed by atoms with Crippen molar-refractivity contribution in [3.8, 4) is 0 Å². The van der Waals surface area contributed by atoms with Crippen LogP contribution < -0.4 is 5.73 Å². The average Bonchev–Trinajstić information content (AvgIpc) is 2.49. The number of nitrogens with two attached hydrogens (primary N) is 1. The first-order valence-electron chi connectivity index (χ1n) is 7.05. The number of allylic oxidation sites excluding steroid dienone is 2. The fourth-order valence-corrected chi connectivity index (χ4v) is 3.63. The van der Waals surface area contributed by atoms with E-state index in [1.54, 1.807) is 18.2 Å². The fraction of sp³-hybridized carbons (Fsp3) is 0.375. The summed E-state index contributed by atoms with van der Waals surface area (Å²) in [6, 6.07) is 4.91. The van der Waals surface area contributed by atoms with Crippen LogP contribution in [0.2, 0.25) is 0 Å². The van der Waals surface area contributed by atoms with Crippen molar-refractivity contribution in [2.75, 3.05) is 12.3 Å². The molecule has 0 aliphatic heterocycles. The molecule has 1 aromatic rings. The van der Waals surface area contributed by atoms with E-state index in [1.807, 2.05) is 0 Å². The number of alkyl halides is 2. The molecule has 0 saturated carbocycles. The predicted octanol–water partition coefficient (Wildman–Crippen LogP) is 3.96. The maximum Gasteiger partial charge on any atom is 0.228 e. The van der Waals surface area contributed by atoms with Gasteiger partial charge in [-0.2, -0.15) is 0 Å². The summed E-state index contributed by atoms with van der Waals surface area (Å²) in [5, 5.41) is 0. The van der Waals surface area contributed by atoms with E-state index in [0.717, 1.165) is 12.8 Å². The zero-order chi connectivity index (χ0) is 16.3. The Hall–Kier alpha value is -0.640. The molecule has 0 radical (unpaired) electrons. The van der Waals surface area contributed by atoms with Crippen LogP contribution in [-0.4, -0.2) is 26.0 Å². The van der Waals surface area contributed by atoms with E-state index < -0.39 is 0 Å². The van der Waals surface area contributed by atoms with Gasteiger partial charge in [-0.15, -0.1) is 0 Å². The standard InChI is InChI=1S/C16H17I2NO3/c1-2-4-10(17)11(18)8-22-14-7-13(20)15-9(16(14)21)5-3-6-12(15)19/h3,5-7,10-11H,2,4,8,19H2,1H3. The molecule has 0 amide bonds.